The van der Waals surface area contributed by atoms with Gasteiger partial charge in [-0.1, -0.05) is 48.5 Å². The number of benzene rings is 2. The third-order valence-corrected chi connectivity index (χ3v) is 10.5. The van der Waals surface area contributed by atoms with Gasteiger partial charge in [0.05, 0.1) is 22.8 Å². The number of nitrogens with zero attached hydrogens (tertiary/aromatic N) is 5. The summed E-state index contributed by atoms with van der Waals surface area (Å²) in [7, 11) is 0. The van der Waals surface area contributed by atoms with Crippen LogP contribution >= 0.6 is 0 Å². The van der Waals surface area contributed by atoms with Crippen molar-refractivity contribution in [1.82, 2.24) is 34.9 Å². The smallest absolute Gasteiger partial charge is 0.159 e. The molecule has 8 heteroatoms. The fraction of sp³-hybridized carbons (Fsp3) is 0.0204. The SMILES string of the molecule is CC(=O)c1ccc(-c2ccc(-c3c4nc(c(-c5ccncc5)c5ccc([nH]5)c(-c5ccncc5)c5nc(c(-c6ccncc6)c6ccc3[nH]6)C=C5)C=C4)cc2)cc1. The van der Waals surface area contributed by atoms with Gasteiger partial charge in [0.25, 0.3) is 0 Å². The molecule has 0 atom stereocenters. The van der Waals surface area contributed by atoms with E-state index in [9.17, 15) is 4.79 Å². The quantitative estimate of drug-likeness (QED) is 0.164. The second-order valence-electron chi connectivity index (χ2n) is 13.9. The first-order valence-electron chi connectivity index (χ1n) is 18.7. The summed E-state index contributed by atoms with van der Waals surface area (Å²) in [6.45, 7) is 1.59. The lowest BCUT2D eigenvalue weighted by Crippen LogP contribution is -1.91. The fourth-order valence-corrected chi connectivity index (χ4v) is 7.70. The predicted molar refractivity (Wildman–Crippen MR) is 229 cm³/mol. The molecule has 0 fully saturated rings. The van der Waals surface area contributed by atoms with E-state index >= 15 is 0 Å². The summed E-state index contributed by atoms with van der Waals surface area (Å²) in [4.78, 5) is 43.2. The summed E-state index contributed by atoms with van der Waals surface area (Å²) in [5.41, 5.74) is 17.6. The maximum Gasteiger partial charge on any atom is 0.159 e. The Balaban J connectivity index is 1.29. The zero-order chi connectivity index (χ0) is 38.3. The number of hydrogen-bond donors (Lipinski definition) is 2. The Morgan fingerprint density at radius 2 is 0.649 bits per heavy atom. The summed E-state index contributed by atoms with van der Waals surface area (Å²) < 4.78 is 0. The first-order valence-corrected chi connectivity index (χ1v) is 18.7. The average molecular weight is 736 g/mol. The number of carbonyl (C=O) groups excluding carboxylic acids is 1. The van der Waals surface area contributed by atoms with Gasteiger partial charge in [0, 0.05) is 87.1 Å². The van der Waals surface area contributed by atoms with Crippen LogP contribution in [0.3, 0.4) is 0 Å². The van der Waals surface area contributed by atoms with Gasteiger partial charge in [-0.05, 0) is 125 Å². The monoisotopic (exact) mass is 735 g/mol. The first-order chi connectivity index (χ1) is 28.1. The summed E-state index contributed by atoms with van der Waals surface area (Å²) in [6, 6.07) is 36.8. The Kier molecular flexibility index (Phi) is 8.34. The van der Waals surface area contributed by atoms with E-state index in [1.165, 1.54) is 0 Å². The lowest BCUT2D eigenvalue weighted by Gasteiger charge is -2.08. The number of hydrogen-bond acceptors (Lipinski definition) is 6. The third kappa shape index (κ3) is 6.25. The van der Waals surface area contributed by atoms with Gasteiger partial charge in [0.15, 0.2) is 5.78 Å². The lowest BCUT2D eigenvalue weighted by molar-refractivity contribution is 0.101. The maximum atomic E-state index is 11.9. The molecule has 0 radical (unpaired) electrons. The van der Waals surface area contributed by atoms with Crippen molar-refractivity contribution >= 4 is 52.2 Å². The van der Waals surface area contributed by atoms with Crippen molar-refractivity contribution in [2.75, 3.05) is 0 Å². The van der Waals surface area contributed by atoms with Gasteiger partial charge in [-0.3, -0.25) is 19.7 Å². The molecule has 6 aromatic heterocycles. The Labute approximate surface area is 328 Å². The molecule has 2 aromatic carbocycles. The van der Waals surface area contributed by atoms with Crippen LogP contribution in [0.15, 0.2) is 146 Å². The van der Waals surface area contributed by atoms with Crippen molar-refractivity contribution in [2.24, 2.45) is 0 Å². The zero-order valence-electron chi connectivity index (χ0n) is 30.8. The predicted octanol–water partition coefficient (Wildman–Crippen LogP) is 11.4. The van der Waals surface area contributed by atoms with Crippen molar-refractivity contribution in [1.29, 1.82) is 0 Å². The van der Waals surface area contributed by atoms with Crippen molar-refractivity contribution < 1.29 is 4.79 Å². The van der Waals surface area contributed by atoms with Crippen LogP contribution in [0.1, 0.15) is 40.1 Å². The molecule has 8 heterocycles. The average Bonchev–Trinajstić information content (AvgIpc) is 4.11. The standard InChI is InChI=1S/C49H33N7O/c1-30(57)31-2-4-32(5-3-31)33-6-8-34(9-7-33)46-38-10-12-40(53-38)47(35-18-24-50-25-19-35)42-14-16-44(55-42)49(37-22-28-52-29-23-37)45-17-15-43(56-45)48(36-20-26-51-27-21-36)41-13-11-39(46)54-41/h2-29,53,56H,1H3. The van der Waals surface area contributed by atoms with E-state index in [0.29, 0.717) is 5.56 Å². The number of H-pyrrole nitrogens is 2. The molecule has 10 rings (SSSR count). The first kappa shape index (κ1) is 33.7. The number of aromatic nitrogens is 7. The number of fused-ring (bicyclic) bond motifs is 8. The van der Waals surface area contributed by atoms with Crippen LogP contribution in [0.4, 0.5) is 0 Å². The van der Waals surface area contributed by atoms with Gasteiger partial charge in [0.1, 0.15) is 0 Å². The molecular weight excluding hydrogens is 703 g/mol. The molecule has 0 saturated heterocycles. The molecule has 0 saturated carbocycles. The molecule has 0 unspecified atom stereocenters. The molecule has 270 valence electrons. The van der Waals surface area contributed by atoms with Crippen LogP contribution < -0.4 is 0 Å². The highest BCUT2D eigenvalue weighted by molar-refractivity contribution is 6.00. The van der Waals surface area contributed by atoms with Gasteiger partial charge in [0.2, 0.25) is 0 Å². The fourth-order valence-electron chi connectivity index (χ4n) is 7.70. The number of carbonyl (C=O) groups is 1. The second-order valence-corrected chi connectivity index (χ2v) is 13.9. The number of nitrogens with one attached hydrogen (secondary N) is 2. The summed E-state index contributed by atoms with van der Waals surface area (Å²) in [5.74, 6) is 0.0493. The number of aromatic amines is 2. The van der Waals surface area contributed by atoms with E-state index in [1.807, 2.05) is 97.8 Å². The van der Waals surface area contributed by atoms with Crippen LogP contribution in [-0.2, 0) is 0 Å². The van der Waals surface area contributed by atoms with Crippen molar-refractivity contribution in [3.63, 3.8) is 0 Å². The van der Waals surface area contributed by atoms with E-state index < -0.39 is 0 Å². The molecule has 0 aliphatic carbocycles. The highest BCUT2D eigenvalue weighted by Crippen LogP contribution is 2.38. The number of rotatable bonds is 6. The normalized spacial score (nSPS) is 11.9. The van der Waals surface area contributed by atoms with E-state index in [-0.39, 0.29) is 5.78 Å². The summed E-state index contributed by atoms with van der Waals surface area (Å²) in [6.07, 6.45) is 19.2. The topological polar surface area (TPSA) is 113 Å². The molecule has 0 amide bonds. The molecule has 8 nitrogen and oxygen atoms in total. The van der Waals surface area contributed by atoms with Gasteiger partial charge >= 0.3 is 0 Å². The Morgan fingerprint density at radius 3 is 0.965 bits per heavy atom. The van der Waals surface area contributed by atoms with Gasteiger partial charge < -0.3 is 9.97 Å². The maximum absolute atomic E-state index is 11.9. The van der Waals surface area contributed by atoms with E-state index in [4.69, 9.17) is 9.97 Å². The minimum atomic E-state index is 0.0493. The molecule has 57 heavy (non-hydrogen) atoms. The van der Waals surface area contributed by atoms with Gasteiger partial charge in [-0.2, -0.15) is 0 Å². The number of Topliss-reactive ketones (excluding diaryl/α,β-unsaturated/α-hetero) is 1. The number of pyridine rings is 3. The van der Waals surface area contributed by atoms with E-state index in [2.05, 4.69) is 97.8 Å². The molecule has 8 bridgehead atoms. The van der Waals surface area contributed by atoms with Crippen LogP contribution in [-0.4, -0.2) is 40.7 Å². The summed E-state index contributed by atoms with van der Waals surface area (Å²) in [5, 5.41) is 0. The minimum Gasteiger partial charge on any atom is -0.354 e. The highest BCUT2D eigenvalue weighted by Gasteiger charge is 2.19. The molecule has 8 aromatic rings. The van der Waals surface area contributed by atoms with Gasteiger partial charge in [-0.15, -0.1) is 0 Å². The minimum absolute atomic E-state index is 0.0493. The lowest BCUT2D eigenvalue weighted by atomic mass is 9.98. The third-order valence-electron chi connectivity index (χ3n) is 10.5. The van der Waals surface area contributed by atoms with Crippen LogP contribution in [0.5, 0.6) is 0 Å². The van der Waals surface area contributed by atoms with Crippen molar-refractivity contribution in [2.45, 2.75) is 6.92 Å². The van der Waals surface area contributed by atoms with Crippen LogP contribution in [0, 0.1) is 0 Å². The zero-order valence-corrected chi connectivity index (χ0v) is 30.8. The van der Waals surface area contributed by atoms with Crippen LogP contribution in [0.25, 0.3) is 102 Å². The Bertz CT molecular complexity index is 3020. The van der Waals surface area contributed by atoms with Gasteiger partial charge in [-0.25, -0.2) is 9.97 Å². The molecular formula is C49H33N7O. The Hall–Kier alpha value is -7.84. The molecule has 0 spiro atoms. The number of ketones is 1. The molecule has 2 aliphatic rings. The molecule has 2 N–H and O–H groups in total. The molecule has 2 aliphatic heterocycles. The van der Waals surface area contributed by atoms with Crippen molar-refractivity contribution in [3.8, 4) is 55.6 Å². The van der Waals surface area contributed by atoms with E-state index in [0.717, 1.165) is 100 Å². The summed E-state index contributed by atoms with van der Waals surface area (Å²) >= 11 is 0. The second kappa shape index (κ2) is 14.1. The van der Waals surface area contributed by atoms with Crippen molar-refractivity contribution in [3.05, 3.63) is 175 Å². The largest absolute Gasteiger partial charge is 0.354 e. The van der Waals surface area contributed by atoms with E-state index in [1.54, 1.807) is 6.92 Å². The Morgan fingerprint density at radius 1 is 0.368 bits per heavy atom. The highest BCUT2D eigenvalue weighted by atomic mass is 16.1. The van der Waals surface area contributed by atoms with Crippen LogP contribution in [0.2, 0.25) is 0 Å².